The molecule has 10 heterocycles. The Bertz CT molecular complexity index is 2040. The molecule has 1 fully saturated rings. The van der Waals surface area contributed by atoms with Crippen LogP contribution in [0.1, 0.15) is 45.3 Å². The van der Waals surface area contributed by atoms with Crippen LogP contribution in [0.15, 0.2) is 128 Å². The largest absolute Gasteiger partial charge is 0.542 e. The Labute approximate surface area is 360 Å². The van der Waals surface area contributed by atoms with Crippen molar-refractivity contribution in [3.8, 4) is 0 Å². The average molecular weight is 927 g/mol. The second kappa shape index (κ2) is 15.6. The number of hydrogen-bond acceptors (Lipinski definition) is 10. The second-order valence-corrected chi connectivity index (χ2v) is 15.3. The summed E-state index contributed by atoms with van der Waals surface area (Å²) in [5.41, 5.74) is 9.09. The molecule has 0 saturated carbocycles. The van der Waals surface area contributed by atoms with Gasteiger partial charge in [0.25, 0.3) is 0 Å². The van der Waals surface area contributed by atoms with Crippen molar-refractivity contribution >= 4 is 0 Å². The molecule has 0 amide bonds. The molecular weight excluding hydrogens is 884 g/mol. The van der Waals surface area contributed by atoms with Crippen molar-refractivity contribution in [2.45, 2.75) is 64.2 Å². The summed E-state index contributed by atoms with van der Waals surface area (Å²) in [6.45, 7) is 8.05. The van der Waals surface area contributed by atoms with Crippen LogP contribution >= 0.6 is 0 Å². The van der Waals surface area contributed by atoms with Crippen molar-refractivity contribution in [3.05, 3.63) is 199 Å². The van der Waals surface area contributed by atoms with E-state index in [1.165, 1.54) is 23.2 Å². The standard InChI is InChI=1S/C44H42N10.2Ag/c1-5-32-21-33(6-1)25-48-15-16-49(30-48)26-37-9-2-7-35(45-37)23-34-13-14-53-42(22-32)44-52-19-20-54(44)41(43(34)53)24-36-8-3-10-38(46-36)27-50-17-18-51(31-50)28-39-11-4-12-40(29-52)47-39;;/h1-21,30-31,34,43-44H,22-29H2;;/q-4;;. The zero-order valence-corrected chi connectivity index (χ0v) is 33.7. The Balaban J connectivity index is 0.00000205. The molecule has 1 aromatic carbocycles. The Morgan fingerprint density at radius 3 is 1.75 bits per heavy atom. The predicted octanol–water partition coefficient (Wildman–Crippen LogP) is 5.84. The second-order valence-electron chi connectivity index (χ2n) is 15.3. The number of benzene rings is 1. The number of aromatic nitrogens is 3. The first-order valence-corrected chi connectivity index (χ1v) is 19.1. The quantitative estimate of drug-likeness (QED) is 0.159. The van der Waals surface area contributed by atoms with E-state index in [1.807, 2.05) is 0 Å². The van der Waals surface area contributed by atoms with Crippen molar-refractivity contribution in [2.24, 2.45) is 5.92 Å². The molecular formula is C44H42Ag2N10-4. The molecule has 2 radical (unpaired) electrons. The van der Waals surface area contributed by atoms with E-state index in [9.17, 15) is 0 Å². The third-order valence-corrected chi connectivity index (χ3v) is 11.5. The number of rotatable bonds is 0. The normalized spacial score (nSPS) is 23.6. The van der Waals surface area contributed by atoms with Gasteiger partial charge in [-0.2, -0.15) is 19.4 Å². The average Bonchev–Trinajstić information content (AvgIpc) is 3.99. The van der Waals surface area contributed by atoms with E-state index in [0.29, 0.717) is 19.6 Å². The molecule has 4 aromatic rings. The molecule has 3 aromatic heterocycles. The first-order valence-electron chi connectivity index (χ1n) is 19.1. The van der Waals surface area contributed by atoms with Crippen LogP contribution in [0.5, 0.6) is 0 Å². The smallest absolute Gasteiger partial charge is 0.0600 e. The molecule has 7 aliphatic heterocycles. The summed E-state index contributed by atoms with van der Waals surface area (Å²) in [5.74, 6) is 0.239. The number of hydrogen-bond donors (Lipinski definition) is 0. The van der Waals surface area contributed by atoms with E-state index in [4.69, 9.17) is 15.0 Å². The molecule has 20 bridgehead atoms. The van der Waals surface area contributed by atoms with E-state index in [2.05, 4.69) is 176 Å². The van der Waals surface area contributed by atoms with Gasteiger partial charge in [0.05, 0.1) is 29.3 Å². The predicted molar refractivity (Wildman–Crippen MR) is 204 cm³/mol. The van der Waals surface area contributed by atoms with E-state index in [0.717, 1.165) is 66.5 Å². The minimum Gasteiger partial charge on any atom is -0.542 e. The van der Waals surface area contributed by atoms with Gasteiger partial charge < -0.3 is 34.3 Å². The monoisotopic (exact) mass is 924 g/mol. The third-order valence-electron chi connectivity index (χ3n) is 11.5. The van der Waals surface area contributed by atoms with E-state index >= 15 is 0 Å². The maximum Gasteiger partial charge on any atom is 0.0600 e. The van der Waals surface area contributed by atoms with Gasteiger partial charge in [-0.1, -0.05) is 54.1 Å². The molecule has 7 aliphatic rings. The van der Waals surface area contributed by atoms with Crippen LogP contribution in [0.3, 0.4) is 0 Å². The van der Waals surface area contributed by atoms with Crippen LogP contribution in [-0.2, 0) is 96.7 Å². The summed E-state index contributed by atoms with van der Waals surface area (Å²) in [6, 6.07) is 31.5. The zero-order chi connectivity index (χ0) is 35.6. The van der Waals surface area contributed by atoms with Crippen molar-refractivity contribution in [3.63, 3.8) is 0 Å². The summed E-state index contributed by atoms with van der Waals surface area (Å²) >= 11 is 0. The van der Waals surface area contributed by atoms with E-state index in [-0.39, 0.29) is 62.9 Å². The number of piperazine rings is 1. The third kappa shape index (κ3) is 7.23. The van der Waals surface area contributed by atoms with Crippen LogP contribution in [-0.4, -0.2) is 61.5 Å². The number of nitrogens with zero attached hydrogens (tertiary/aromatic N) is 10. The molecule has 12 heteroatoms. The Hall–Kier alpha value is -4.29. The molecule has 0 N–H and O–H groups in total. The van der Waals surface area contributed by atoms with Crippen LogP contribution in [0.25, 0.3) is 0 Å². The molecule has 1 saturated heterocycles. The maximum atomic E-state index is 5.29. The number of fused-ring (bicyclic) bond motifs is 12. The van der Waals surface area contributed by atoms with Gasteiger partial charge in [0.15, 0.2) is 0 Å². The molecule has 11 rings (SSSR count). The fourth-order valence-corrected chi connectivity index (χ4v) is 9.19. The van der Waals surface area contributed by atoms with Gasteiger partial charge in [-0.25, -0.2) is 6.04 Å². The SMILES string of the molecule is C1=CN2[C-]3Cc4cccc(c4)CN4C=CN([CH-]4)Cc4cccc(n4)CC1C2[C-]1Cc2cccc(n2)CN2C=CN([CH-]2)Cc2cccc(n2)CN2C=CN1C32.[Ag].[Ag]. The minimum atomic E-state index is 0. The molecule has 0 aliphatic carbocycles. The van der Waals surface area contributed by atoms with Crippen molar-refractivity contribution in [2.75, 3.05) is 0 Å². The summed E-state index contributed by atoms with van der Waals surface area (Å²) < 4.78 is 0. The maximum absolute atomic E-state index is 5.29. The van der Waals surface area contributed by atoms with Gasteiger partial charge in [0.1, 0.15) is 0 Å². The molecule has 10 nitrogen and oxygen atoms in total. The van der Waals surface area contributed by atoms with Crippen LogP contribution in [0.2, 0.25) is 0 Å². The fraction of sp³-hybridized carbons (Fsp3) is 0.250. The van der Waals surface area contributed by atoms with Crippen LogP contribution < -0.4 is 0 Å². The molecule has 3 atom stereocenters. The molecule has 0 spiro atoms. The summed E-state index contributed by atoms with van der Waals surface area (Å²) in [7, 11) is 0. The van der Waals surface area contributed by atoms with Gasteiger partial charge in [-0.15, -0.1) is 18.9 Å². The topological polar surface area (TPSA) is 61.4 Å². The minimum absolute atomic E-state index is 0. The van der Waals surface area contributed by atoms with Crippen molar-refractivity contribution in [1.82, 2.24) is 49.3 Å². The fourth-order valence-electron chi connectivity index (χ4n) is 9.19. The Morgan fingerprint density at radius 1 is 0.500 bits per heavy atom. The van der Waals surface area contributed by atoms with Crippen molar-refractivity contribution in [1.29, 1.82) is 0 Å². The van der Waals surface area contributed by atoms with E-state index in [1.54, 1.807) is 0 Å². The van der Waals surface area contributed by atoms with Crippen LogP contribution in [0, 0.1) is 31.3 Å². The van der Waals surface area contributed by atoms with Gasteiger partial charge in [0.2, 0.25) is 0 Å². The molecule has 56 heavy (non-hydrogen) atoms. The first kappa shape index (κ1) is 37.3. The van der Waals surface area contributed by atoms with Gasteiger partial charge in [-0.3, -0.25) is 15.0 Å². The first-order chi connectivity index (χ1) is 26.6. The van der Waals surface area contributed by atoms with Crippen LogP contribution in [0.4, 0.5) is 0 Å². The molecule has 294 valence electrons. The summed E-state index contributed by atoms with van der Waals surface area (Å²) in [5, 5.41) is 0. The zero-order valence-electron chi connectivity index (χ0n) is 30.7. The Morgan fingerprint density at radius 2 is 1.05 bits per heavy atom. The van der Waals surface area contributed by atoms with Gasteiger partial charge >= 0.3 is 0 Å². The Kier molecular flexibility index (Phi) is 10.4. The van der Waals surface area contributed by atoms with Gasteiger partial charge in [-0.05, 0) is 97.7 Å². The van der Waals surface area contributed by atoms with Gasteiger partial charge in [0, 0.05) is 88.5 Å². The number of pyridine rings is 3. The van der Waals surface area contributed by atoms with E-state index < -0.39 is 0 Å². The van der Waals surface area contributed by atoms with Crippen molar-refractivity contribution < 1.29 is 44.8 Å². The summed E-state index contributed by atoms with van der Waals surface area (Å²) in [6.07, 6.45) is 20.4. The molecule has 3 unspecified atom stereocenters. The summed E-state index contributed by atoms with van der Waals surface area (Å²) in [4.78, 5) is 32.3.